The molecule has 0 spiro atoms. The average molecular weight is 349 g/mol. The molecule has 25 heavy (non-hydrogen) atoms. The highest BCUT2D eigenvalue weighted by atomic mass is 16.5. The van der Waals surface area contributed by atoms with Crippen LogP contribution in [0.15, 0.2) is 11.8 Å². The van der Waals surface area contributed by atoms with Gasteiger partial charge in [-0.05, 0) is 26.2 Å². The second kappa shape index (κ2) is 10.1. The molecule has 0 bridgehead atoms. The third kappa shape index (κ3) is 6.25. The van der Waals surface area contributed by atoms with Crippen LogP contribution in [0.1, 0.15) is 56.6 Å². The Hall–Kier alpha value is -2.89. The fraction of sp³-hybridized carbons (Fsp3) is 0.562. The van der Waals surface area contributed by atoms with E-state index in [0.29, 0.717) is 18.9 Å². The Morgan fingerprint density at radius 1 is 1.36 bits per heavy atom. The monoisotopic (exact) mass is 349 g/mol. The molecule has 1 rings (SSSR count). The summed E-state index contributed by atoms with van der Waals surface area (Å²) in [5, 5.41) is 18.2. The number of aromatic amines is 1. The largest absolute Gasteiger partial charge is 0.500 e. The molecule has 1 atom stereocenters. The Balaban J connectivity index is 2.96. The number of esters is 1. The number of ether oxygens (including phenoxy) is 2. The van der Waals surface area contributed by atoms with Crippen molar-refractivity contribution >= 4 is 11.9 Å². The van der Waals surface area contributed by atoms with E-state index in [9.17, 15) is 9.59 Å². The molecule has 1 heterocycles. The summed E-state index contributed by atoms with van der Waals surface area (Å²) in [6, 6.07) is 1.25. The minimum absolute atomic E-state index is 0.106. The molecule has 136 valence electrons. The molecule has 1 unspecified atom stereocenters. The molecule has 9 heteroatoms. The van der Waals surface area contributed by atoms with Crippen LogP contribution in [0.3, 0.4) is 0 Å². The highest BCUT2D eigenvalue weighted by molar-refractivity contribution is 5.97. The van der Waals surface area contributed by atoms with E-state index < -0.39 is 17.9 Å². The van der Waals surface area contributed by atoms with E-state index in [-0.39, 0.29) is 23.9 Å². The summed E-state index contributed by atoms with van der Waals surface area (Å²) in [5.74, 6) is -0.795. The summed E-state index contributed by atoms with van der Waals surface area (Å²) >= 11 is 0. The van der Waals surface area contributed by atoms with Crippen LogP contribution >= 0.6 is 0 Å². The Morgan fingerprint density at radius 3 is 2.64 bits per heavy atom. The zero-order valence-corrected chi connectivity index (χ0v) is 14.8. The highest BCUT2D eigenvalue weighted by Gasteiger charge is 2.24. The number of nitrogens with zero attached hydrogens (tertiary/aromatic N) is 3. The Kier molecular flexibility index (Phi) is 8.12. The third-order valence-electron chi connectivity index (χ3n) is 3.04. The fourth-order valence-corrected chi connectivity index (χ4v) is 1.96. The summed E-state index contributed by atoms with van der Waals surface area (Å²) < 4.78 is 9.84. The molecule has 0 aliphatic heterocycles. The SMILES string of the molecule is CCOC=C(C#N)C(=O)NC(CC(C)C)c1nc(C(=O)OCC)n[nH]1. The first kappa shape index (κ1) is 20.2. The van der Waals surface area contributed by atoms with Crippen LogP contribution in [0, 0.1) is 17.2 Å². The van der Waals surface area contributed by atoms with E-state index in [1.165, 1.54) is 0 Å². The van der Waals surface area contributed by atoms with E-state index in [4.69, 9.17) is 14.7 Å². The maximum Gasteiger partial charge on any atom is 0.378 e. The molecular weight excluding hydrogens is 326 g/mol. The zero-order chi connectivity index (χ0) is 18.8. The van der Waals surface area contributed by atoms with Crippen LogP contribution in [-0.2, 0) is 14.3 Å². The first-order valence-corrected chi connectivity index (χ1v) is 8.04. The molecular formula is C16H23N5O4. The topological polar surface area (TPSA) is 130 Å². The van der Waals surface area contributed by atoms with Gasteiger partial charge in [0.1, 0.15) is 18.2 Å². The van der Waals surface area contributed by atoms with Crippen LogP contribution in [0.2, 0.25) is 0 Å². The molecule has 0 aliphatic carbocycles. The Bertz CT molecular complexity index is 660. The van der Waals surface area contributed by atoms with Crippen LogP contribution < -0.4 is 5.32 Å². The predicted octanol–water partition coefficient (Wildman–Crippen LogP) is 1.63. The Morgan fingerprint density at radius 2 is 2.08 bits per heavy atom. The van der Waals surface area contributed by atoms with Gasteiger partial charge in [0, 0.05) is 0 Å². The molecule has 1 aromatic rings. The number of carbonyl (C=O) groups is 2. The van der Waals surface area contributed by atoms with Crippen molar-refractivity contribution in [3.05, 3.63) is 23.5 Å². The van der Waals surface area contributed by atoms with Crippen molar-refractivity contribution in [2.45, 2.75) is 40.2 Å². The fourth-order valence-electron chi connectivity index (χ4n) is 1.96. The average Bonchev–Trinajstić information content (AvgIpc) is 3.05. The smallest absolute Gasteiger partial charge is 0.378 e. The second-order valence-corrected chi connectivity index (χ2v) is 5.52. The minimum atomic E-state index is -0.645. The molecule has 0 radical (unpaired) electrons. The van der Waals surface area contributed by atoms with Crippen molar-refractivity contribution in [2.24, 2.45) is 5.92 Å². The van der Waals surface area contributed by atoms with Gasteiger partial charge < -0.3 is 14.8 Å². The maximum atomic E-state index is 12.3. The standard InChI is InChI=1S/C16H23N5O4/c1-5-24-9-11(8-17)15(22)18-12(7-10(3)4)13-19-14(21-20-13)16(23)25-6-2/h9-10,12H,5-7H2,1-4H3,(H,18,22)(H,19,20,21). The number of hydrogen-bond acceptors (Lipinski definition) is 7. The summed E-state index contributed by atoms with van der Waals surface area (Å²) in [4.78, 5) is 28.0. The van der Waals surface area contributed by atoms with Gasteiger partial charge in [-0.3, -0.25) is 9.89 Å². The first-order valence-electron chi connectivity index (χ1n) is 8.04. The second-order valence-electron chi connectivity index (χ2n) is 5.52. The molecule has 0 fully saturated rings. The number of nitriles is 1. The predicted molar refractivity (Wildman–Crippen MR) is 88.0 cm³/mol. The van der Waals surface area contributed by atoms with Crippen molar-refractivity contribution in [3.8, 4) is 6.07 Å². The number of nitrogens with one attached hydrogen (secondary N) is 2. The molecule has 1 aromatic heterocycles. The lowest BCUT2D eigenvalue weighted by Crippen LogP contribution is -2.31. The summed E-state index contributed by atoms with van der Waals surface area (Å²) in [6.07, 6.45) is 1.66. The molecule has 0 aromatic carbocycles. The van der Waals surface area contributed by atoms with Crippen LogP contribution in [0.25, 0.3) is 0 Å². The van der Waals surface area contributed by atoms with E-state index >= 15 is 0 Å². The summed E-state index contributed by atoms with van der Waals surface area (Å²) in [5.41, 5.74) is -0.152. The maximum absolute atomic E-state index is 12.3. The van der Waals surface area contributed by atoms with Crippen molar-refractivity contribution in [1.82, 2.24) is 20.5 Å². The van der Waals surface area contributed by atoms with Crippen molar-refractivity contribution in [1.29, 1.82) is 5.26 Å². The normalized spacial score (nSPS) is 12.4. The lowest BCUT2D eigenvalue weighted by molar-refractivity contribution is -0.118. The number of H-pyrrole nitrogens is 1. The molecule has 1 amide bonds. The van der Waals surface area contributed by atoms with Crippen molar-refractivity contribution in [2.75, 3.05) is 13.2 Å². The van der Waals surface area contributed by atoms with Gasteiger partial charge in [-0.15, -0.1) is 5.10 Å². The van der Waals surface area contributed by atoms with Crippen LogP contribution in [-0.4, -0.2) is 40.3 Å². The summed E-state index contributed by atoms with van der Waals surface area (Å²) in [6.45, 7) is 7.94. The lowest BCUT2D eigenvalue weighted by Gasteiger charge is -2.18. The van der Waals surface area contributed by atoms with Crippen molar-refractivity contribution in [3.63, 3.8) is 0 Å². The number of carbonyl (C=O) groups excluding carboxylic acids is 2. The molecule has 0 saturated heterocycles. The number of rotatable bonds is 9. The molecule has 9 nitrogen and oxygen atoms in total. The first-order chi connectivity index (χ1) is 11.9. The van der Waals surface area contributed by atoms with E-state index in [0.717, 1.165) is 6.26 Å². The minimum Gasteiger partial charge on any atom is -0.500 e. The van der Waals surface area contributed by atoms with E-state index in [2.05, 4.69) is 20.5 Å². The van der Waals surface area contributed by atoms with Crippen molar-refractivity contribution < 1.29 is 19.1 Å². The lowest BCUT2D eigenvalue weighted by atomic mass is 10.0. The van der Waals surface area contributed by atoms with Gasteiger partial charge in [0.25, 0.3) is 11.7 Å². The van der Waals surface area contributed by atoms with Gasteiger partial charge in [0.05, 0.1) is 19.3 Å². The van der Waals surface area contributed by atoms with Gasteiger partial charge in [-0.2, -0.15) is 5.26 Å². The highest BCUT2D eigenvalue weighted by Crippen LogP contribution is 2.19. The molecule has 2 N–H and O–H groups in total. The van der Waals surface area contributed by atoms with Gasteiger partial charge in [-0.1, -0.05) is 13.8 Å². The Labute approximate surface area is 146 Å². The van der Waals surface area contributed by atoms with Crippen LogP contribution in [0.4, 0.5) is 0 Å². The van der Waals surface area contributed by atoms with Gasteiger partial charge in [0.15, 0.2) is 5.57 Å². The number of hydrogen-bond donors (Lipinski definition) is 2. The van der Waals surface area contributed by atoms with E-state index in [1.807, 2.05) is 13.8 Å². The number of amides is 1. The zero-order valence-electron chi connectivity index (χ0n) is 14.8. The molecule has 0 aliphatic rings. The van der Waals surface area contributed by atoms with Gasteiger partial charge in [0.2, 0.25) is 0 Å². The third-order valence-corrected chi connectivity index (χ3v) is 3.04. The quantitative estimate of drug-likeness (QED) is 0.300. The summed E-state index contributed by atoms with van der Waals surface area (Å²) in [7, 11) is 0. The van der Waals surface area contributed by atoms with Crippen LogP contribution in [0.5, 0.6) is 0 Å². The van der Waals surface area contributed by atoms with Gasteiger partial charge >= 0.3 is 5.97 Å². The van der Waals surface area contributed by atoms with E-state index in [1.54, 1.807) is 19.9 Å². The van der Waals surface area contributed by atoms with Gasteiger partial charge in [-0.25, -0.2) is 9.78 Å². The molecule has 0 saturated carbocycles. The number of aromatic nitrogens is 3.